The summed E-state index contributed by atoms with van der Waals surface area (Å²) in [6.07, 6.45) is -3.94. The van der Waals surface area contributed by atoms with Gasteiger partial charge >= 0.3 is 12.2 Å². The first-order valence-corrected chi connectivity index (χ1v) is 5.23. The Kier molecular flexibility index (Phi) is 4.82. The number of hydrogen-bond donors (Lipinski definition) is 3. The number of carbonyl (C=O) groups is 1. The van der Waals surface area contributed by atoms with E-state index in [1.165, 1.54) is 12.1 Å². The van der Waals surface area contributed by atoms with E-state index < -0.39 is 18.8 Å². The third-order valence-electron chi connectivity index (χ3n) is 2.08. The van der Waals surface area contributed by atoms with Gasteiger partial charge in [0.15, 0.2) is 0 Å². The lowest BCUT2D eigenvalue weighted by atomic mass is 10.1. The van der Waals surface area contributed by atoms with E-state index >= 15 is 0 Å². The smallest absolute Gasteiger partial charge is 0.405 e. The van der Waals surface area contributed by atoms with Crippen LogP contribution in [-0.4, -0.2) is 30.4 Å². The van der Waals surface area contributed by atoms with Crippen LogP contribution in [0.25, 0.3) is 0 Å². The van der Waals surface area contributed by atoms with Gasteiger partial charge < -0.3 is 15.7 Å². The molecule has 3 N–H and O–H groups in total. The van der Waals surface area contributed by atoms with E-state index in [9.17, 15) is 18.0 Å². The summed E-state index contributed by atoms with van der Waals surface area (Å²) in [7, 11) is 0. The molecule has 100 valence electrons. The van der Waals surface area contributed by atoms with Crippen LogP contribution in [0.1, 0.15) is 5.56 Å². The molecule has 7 heteroatoms. The first-order chi connectivity index (χ1) is 8.37. The van der Waals surface area contributed by atoms with Gasteiger partial charge in [-0.05, 0) is 24.1 Å². The summed E-state index contributed by atoms with van der Waals surface area (Å²) in [4.78, 5) is 11.0. The third kappa shape index (κ3) is 5.97. The highest BCUT2D eigenvalue weighted by Gasteiger charge is 2.27. The summed E-state index contributed by atoms with van der Waals surface area (Å²) >= 11 is 0. The van der Waals surface area contributed by atoms with Crippen LogP contribution >= 0.6 is 0 Å². The molecule has 0 unspecified atom stereocenters. The highest BCUT2D eigenvalue weighted by molar-refractivity contribution is 5.73. The molecule has 2 amide bonds. The maximum absolute atomic E-state index is 11.8. The van der Waals surface area contributed by atoms with Gasteiger partial charge in [-0.25, -0.2) is 4.79 Å². The van der Waals surface area contributed by atoms with E-state index in [1.54, 1.807) is 17.4 Å². The monoisotopic (exact) mass is 262 g/mol. The Hall–Kier alpha value is -1.92. The van der Waals surface area contributed by atoms with Crippen molar-refractivity contribution in [1.82, 2.24) is 10.6 Å². The molecule has 0 aliphatic rings. The van der Waals surface area contributed by atoms with Crippen LogP contribution in [0.4, 0.5) is 18.0 Å². The number of urea groups is 1. The van der Waals surface area contributed by atoms with Crippen LogP contribution in [0.5, 0.6) is 5.75 Å². The van der Waals surface area contributed by atoms with Crippen molar-refractivity contribution in [2.24, 2.45) is 0 Å². The Morgan fingerprint density at radius 2 is 1.78 bits per heavy atom. The number of amides is 2. The van der Waals surface area contributed by atoms with Crippen LogP contribution in [0.15, 0.2) is 24.3 Å². The number of halogens is 3. The van der Waals surface area contributed by atoms with Crippen molar-refractivity contribution < 1.29 is 23.1 Å². The number of rotatable bonds is 4. The number of benzene rings is 1. The van der Waals surface area contributed by atoms with Gasteiger partial charge in [0.05, 0.1) is 0 Å². The molecule has 0 aliphatic carbocycles. The van der Waals surface area contributed by atoms with Crippen molar-refractivity contribution in [1.29, 1.82) is 0 Å². The normalized spacial score (nSPS) is 11.1. The van der Waals surface area contributed by atoms with E-state index in [0.29, 0.717) is 6.42 Å². The van der Waals surface area contributed by atoms with Crippen molar-refractivity contribution in [2.75, 3.05) is 13.1 Å². The van der Waals surface area contributed by atoms with Crippen LogP contribution in [0.2, 0.25) is 0 Å². The SMILES string of the molecule is O=C(NCCc1ccc(O)cc1)NCC(F)(F)F. The van der Waals surface area contributed by atoms with Gasteiger partial charge in [-0.15, -0.1) is 0 Å². The second-order valence-electron chi connectivity index (χ2n) is 3.64. The average Bonchev–Trinajstić information content (AvgIpc) is 2.28. The molecule has 0 fully saturated rings. The molecular formula is C11H13F3N2O2. The maximum atomic E-state index is 11.8. The Morgan fingerprint density at radius 3 is 2.33 bits per heavy atom. The van der Waals surface area contributed by atoms with Crippen LogP contribution in [-0.2, 0) is 6.42 Å². The molecular weight excluding hydrogens is 249 g/mol. The molecule has 0 saturated carbocycles. The first kappa shape index (κ1) is 14.1. The Morgan fingerprint density at radius 1 is 1.17 bits per heavy atom. The molecule has 0 heterocycles. The highest BCUT2D eigenvalue weighted by atomic mass is 19.4. The molecule has 1 aromatic rings. The van der Waals surface area contributed by atoms with E-state index in [0.717, 1.165) is 5.56 Å². The zero-order valence-corrected chi connectivity index (χ0v) is 9.42. The fourth-order valence-corrected chi connectivity index (χ4v) is 1.23. The molecule has 18 heavy (non-hydrogen) atoms. The lowest BCUT2D eigenvalue weighted by Crippen LogP contribution is -2.41. The summed E-state index contributed by atoms with van der Waals surface area (Å²) in [5, 5.41) is 13.0. The molecule has 1 rings (SSSR count). The van der Waals surface area contributed by atoms with E-state index in [4.69, 9.17) is 5.11 Å². The minimum Gasteiger partial charge on any atom is -0.508 e. The van der Waals surface area contributed by atoms with Crippen LogP contribution < -0.4 is 10.6 Å². The molecule has 0 radical (unpaired) electrons. The molecule has 4 nitrogen and oxygen atoms in total. The number of hydrogen-bond acceptors (Lipinski definition) is 2. The Balaban J connectivity index is 2.21. The summed E-state index contributed by atoms with van der Waals surface area (Å²) in [6.45, 7) is -1.13. The molecule has 0 atom stereocenters. The second-order valence-corrected chi connectivity index (χ2v) is 3.64. The minimum atomic E-state index is -4.41. The second kappa shape index (κ2) is 6.13. The van der Waals surface area contributed by atoms with Crippen molar-refractivity contribution in [3.05, 3.63) is 29.8 Å². The highest BCUT2D eigenvalue weighted by Crippen LogP contribution is 2.12. The molecule has 0 aromatic heterocycles. The molecule has 0 bridgehead atoms. The average molecular weight is 262 g/mol. The molecule has 0 spiro atoms. The maximum Gasteiger partial charge on any atom is 0.405 e. The quantitative estimate of drug-likeness (QED) is 0.774. The van der Waals surface area contributed by atoms with Crippen LogP contribution in [0, 0.1) is 0 Å². The standard InChI is InChI=1S/C11H13F3N2O2/c12-11(13,14)7-16-10(18)15-6-5-8-1-3-9(17)4-2-8/h1-4,17H,5-7H2,(H2,15,16,18). The fraction of sp³-hybridized carbons (Fsp3) is 0.364. The van der Waals surface area contributed by atoms with Crippen molar-refractivity contribution in [3.63, 3.8) is 0 Å². The lowest BCUT2D eigenvalue weighted by Gasteiger charge is -2.09. The zero-order chi connectivity index (χ0) is 13.6. The van der Waals surface area contributed by atoms with Gasteiger partial charge in [-0.3, -0.25) is 0 Å². The van der Waals surface area contributed by atoms with Crippen molar-refractivity contribution >= 4 is 6.03 Å². The summed E-state index contributed by atoms with van der Waals surface area (Å²) in [6, 6.07) is 5.49. The Bertz CT molecular complexity index is 390. The van der Waals surface area contributed by atoms with Gasteiger partial charge in [-0.2, -0.15) is 13.2 Å². The predicted octanol–water partition coefficient (Wildman–Crippen LogP) is 1.80. The summed E-state index contributed by atoms with van der Waals surface area (Å²) in [5.41, 5.74) is 0.865. The minimum absolute atomic E-state index is 0.134. The van der Waals surface area contributed by atoms with E-state index in [-0.39, 0.29) is 12.3 Å². The molecule has 1 aromatic carbocycles. The van der Waals surface area contributed by atoms with Gasteiger partial charge in [-0.1, -0.05) is 12.1 Å². The zero-order valence-electron chi connectivity index (χ0n) is 9.42. The first-order valence-electron chi connectivity index (χ1n) is 5.23. The van der Waals surface area contributed by atoms with Crippen molar-refractivity contribution in [2.45, 2.75) is 12.6 Å². The van der Waals surface area contributed by atoms with Crippen molar-refractivity contribution in [3.8, 4) is 5.75 Å². The number of aromatic hydroxyl groups is 1. The number of carbonyl (C=O) groups excluding carboxylic acids is 1. The van der Waals surface area contributed by atoms with Gasteiger partial charge in [0.25, 0.3) is 0 Å². The number of phenolic OH excluding ortho intramolecular Hbond substituents is 1. The number of alkyl halides is 3. The number of phenols is 1. The Labute approximate surface area is 102 Å². The largest absolute Gasteiger partial charge is 0.508 e. The fourth-order valence-electron chi connectivity index (χ4n) is 1.23. The van der Waals surface area contributed by atoms with E-state index in [1.807, 2.05) is 0 Å². The molecule has 0 saturated heterocycles. The van der Waals surface area contributed by atoms with Gasteiger partial charge in [0, 0.05) is 6.54 Å². The topological polar surface area (TPSA) is 61.4 Å². The van der Waals surface area contributed by atoms with Crippen LogP contribution in [0.3, 0.4) is 0 Å². The third-order valence-corrected chi connectivity index (χ3v) is 2.08. The summed E-state index contributed by atoms with van der Waals surface area (Å²) < 4.78 is 35.3. The number of nitrogens with one attached hydrogen (secondary N) is 2. The summed E-state index contributed by atoms with van der Waals surface area (Å²) in [5.74, 6) is 0.134. The molecule has 0 aliphatic heterocycles. The van der Waals surface area contributed by atoms with Gasteiger partial charge in [0.1, 0.15) is 12.3 Å². The van der Waals surface area contributed by atoms with E-state index in [2.05, 4.69) is 5.32 Å². The predicted molar refractivity (Wildman–Crippen MR) is 59.3 cm³/mol. The lowest BCUT2D eigenvalue weighted by molar-refractivity contribution is -0.122. The van der Waals surface area contributed by atoms with Gasteiger partial charge in [0.2, 0.25) is 0 Å².